The summed E-state index contributed by atoms with van der Waals surface area (Å²) in [6, 6.07) is 46.2. The third kappa shape index (κ3) is 3.79. The molecule has 0 radical (unpaired) electrons. The van der Waals surface area contributed by atoms with Crippen LogP contribution in [0.4, 0.5) is 11.4 Å². The lowest BCUT2D eigenvalue weighted by Crippen LogP contribution is -2.24. The van der Waals surface area contributed by atoms with Gasteiger partial charge in [0, 0.05) is 28.5 Å². The minimum Gasteiger partial charge on any atom is -0.354 e. The Morgan fingerprint density at radius 1 is 0.479 bits per heavy atom. The second kappa shape index (κ2) is 10.8. The van der Waals surface area contributed by atoms with E-state index in [9.17, 15) is 0 Å². The van der Waals surface area contributed by atoms with E-state index in [1.54, 1.807) is 0 Å². The molecule has 0 aromatic heterocycles. The van der Waals surface area contributed by atoms with Crippen molar-refractivity contribution in [2.45, 2.75) is 70.6 Å². The highest BCUT2D eigenvalue weighted by Gasteiger charge is 2.44. The predicted molar refractivity (Wildman–Crippen MR) is 203 cm³/mol. The van der Waals surface area contributed by atoms with Gasteiger partial charge in [-0.3, -0.25) is 0 Å². The monoisotopic (exact) mass is 621 g/mol. The minimum absolute atomic E-state index is 0.0329. The zero-order chi connectivity index (χ0) is 32.6. The molecule has 0 saturated carbocycles. The number of hydrogen-bond acceptors (Lipinski definition) is 1. The number of nitrogens with one attached hydrogen (secondary N) is 1. The van der Waals surface area contributed by atoms with Gasteiger partial charge in [-0.1, -0.05) is 137 Å². The summed E-state index contributed by atoms with van der Waals surface area (Å²) in [5.74, 6) is 0. The Balaban J connectivity index is 1.29. The van der Waals surface area contributed by atoms with Gasteiger partial charge in [-0.15, -0.1) is 0 Å². The fourth-order valence-electron chi connectivity index (χ4n) is 9.99. The Morgan fingerprint density at radius 2 is 1.04 bits per heavy atom. The first kappa shape index (κ1) is 29.3. The molecule has 3 aliphatic carbocycles. The van der Waals surface area contributed by atoms with E-state index in [-0.39, 0.29) is 10.8 Å². The molecule has 0 atom stereocenters. The molecule has 0 heterocycles. The van der Waals surface area contributed by atoms with Crippen molar-refractivity contribution in [2.24, 2.45) is 0 Å². The number of anilines is 2. The lowest BCUT2D eigenvalue weighted by molar-refractivity contribution is 0.490. The molecule has 48 heavy (non-hydrogen) atoms. The van der Waals surface area contributed by atoms with Crippen LogP contribution in [-0.2, 0) is 17.3 Å². The minimum atomic E-state index is -0.0608. The molecule has 0 fully saturated rings. The first-order valence-corrected chi connectivity index (χ1v) is 18.1. The summed E-state index contributed by atoms with van der Waals surface area (Å²) in [4.78, 5) is 0. The van der Waals surface area contributed by atoms with E-state index in [0.29, 0.717) is 0 Å². The molecule has 3 aliphatic rings. The standard InChI is InChI=1S/C47H43N/c1-5-46(6-2)40-21-13-11-18-35(40)37-25-24-31(29-42(37)46)33-26-27-38-36-19-12-14-22-41(36)47(7-3,8-4)44(38)45(33)48-43-23-15-20-34-32-17-10-9-16-30(32)28-39(34)43/h9-27,29,48H,5-8,28H2,1-4H3. The Labute approximate surface area is 285 Å². The summed E-state index contributed by atoms with van der Waals surface area (Å²) < 4.78 is 0. The van der Waals surface area contributed by atoms with Crippen LogP contribution in [0.1, 0.15) is 86.8 Å². The van der Waals surface area contributed by atoms with E-state index in [2.05, 4.69) is 154 Å². The molecule has 1 heteroatoms. The average Bonchev–Trinajstić information content (AvgIpc) is 3.77. The van der Waals surface area contributed by atoms with Crippen LogP contribution in [0.5, 0.6) is 0 Å². The third-order valence-corrected chi connectivity index (χ3v) is 12.5. The van der Waals surface area contributed by atoms with Crippen LogP contribution >= 0.6 is 0 Å². The van der Waals surface area contributed by atoms with Crippen LogP contribution in [0, 0.1) is 0 Å². The zero-order valence-electron chi connectivity index (χ0n) is 28.6. The summed E-state index contributed by atoms with van der Waals surface area (Å²) in [6.07, 6.45) is 5.25. The van der Waals surface area contributed by atoms with Gasteiger partial charge >= 0.3 is 0 Å². The molecule has 236 valence electrons. The van der Waals surface area contributed by atoms with Gasteiger partial charge in [0.2, 0.25) is 0 Å². The first-order valence-electron chi connectivity index (χ1n) is 18.1. The molecule has 0 saturated heterocycles. The van der Waals surface area contributed by atoms with E-state index in [0.717, 1.165) is 32.1 Å². The predicted octanol–water partition coefficient (Wildman–Crippen LogP) is 12.8. The summed E-state index contributed by atoms with van der Waals surface area (Å²) in [5, 5.41) is 4.20. The second-order valence-corrected chi connectivity index (χ2v) is 14.1. The zero-order valence-corrected chi connectivity index (χ0v) is 28.6. The van der Waals surface area contributed by atoms with E-state index >= 15 is 0 Å². The molecule has 0 bridgehead atoms. The molecule has 6 aromatic rings. The number of hydrogen-bond donors (Lipinski definition) is 1. The molecule has 1 N–H and O–H groups in total. The molecule has 6 aromatic carbocycles. The molecule has 0 amide bonds. The van der Waals surface area contributed by atoms with Crippen molar-refractivity contribution in [3.8, 4) is 44.5 Å². The van der Waals surface area contributed by atoms with Crippen LogP contribution in [0.15, 0.2) is 121 Å². The van der Waals surface area contributed by atoms with E-state index < -0.39 is 0 Å². The third-order valence-electron chi connectivity index (χ3n) is 12.5. The number of rotatable bonds is 7. The first-order chi connectivity index (χ1) is 23.6. The van der Waals surface area contributed by atoms with Gasteiger partial charge in [0.25, 0.3) is 0 Å². The van der Waals surface area contributed by atoms with Crippen molar-refractivity contribution >= 4 is 11.4 Å². The summed E-state index contributed by atoms with van der Waals surface area (Å²) >= 11 is 0. The summed E-state index contributed by atoms with van der Waals surface area (Å²) in [6.45, 7) is 9.50. The molecule has 1 nitrogen and oxygen atoms in total. The molecule has 0 spiro atoms. The van der Waals surface area contributed by atoms with Crippen LogP contribution < -0.4 is 5.32 Å². The highest BCUT2D eigenvalue weighted by atomic mass is 14.9. The smallest absolute Gasteiger partial charge is 0.0511 e. The van der Waals surface area contributed by atoms with Crippen LogP contribution in [0.2, 0.25) is 0 Å². The van der Waals surface area contributed by atoms with Gasteiger partial charge in [-0.2, -0.15) is 0 Å². The molecular weight excluding hydrogens is 579 g/mol. The fraction of sp³-hybridized carbons (Fsp3) is 0.234. The van der Waals surface area contributed by atoms with Gasteiger partial charge in [-0.25, -0.2) is 0 Å². The van der Waals surface area contributed by atoms with Gasteiger partial charge in [-0.05, 0) is 110 Å². The highest BCUT2D eigenvalue weighted by Crippen LogP contribution is 2.59. The summed E-state index contributed by atoms with van der Waals surface area (Å²) in [7, 11) is 0. The molecule has 0 aliphatic heterocycles. The van der Waals surface area contributed by atoms with E-state index in [1.807, 2.05) is 0 Å². The van der Waals surface area contributed by atoms with Crippen molar-refractivity contribution in [2.75, 3.05) is 5.32 Å². The molecule has 0 unspecified atom stereocenters. The largest absolute Gasteiger partial charge is 0.354 e. The van der Waals surface area contributed by atoms with Crippen molar-refractivity contribution in [1.82, 2.24) is 0 Å². The normalized spacial score (nSPS) is 15.2. The SMILES string of the molecule is CCC1(CC)c2ccccc2-c2ccc(-c3ccc4c(c3Nc3cccc5c3Cc3ccccc3-5)C(CC)(CC)c3ccccc3-4)cc21. The lowest BCUT2D eigenvalue weighted by Gasteiger charge is -2.33. The highest BCUT2D eigenvalue weighted by molar-refractivity contribution is 5.97. The van der Waals surface area contributed by atoms with E-state index in [4.69, 9.17) is 0 Å². The van der Waals surface area contributed by atoms with Gasteiger partial charge < -0.3 is 5.32 Å². The summed E-state index contributed by atoms with van der Waals surface area (Å²) in [5.41, 5.74) is 22.1. The van der Waals surface area contributed by atoms with Gasteiger partial charge in [0.15, 0.2) is 0 Å². The van der Waals surface area contributed by atoms with Crippen molar-refractivity contribution < 1.29 is 0 Å². The van der Waals surface area contributed by atoms with Crippen LogP contribution in [0.3, 0.4) is 0 Å². The lowest BCUT2D eigenvalue weighted by atomic mass is 9.72. The Morgan fingerprint density at radius 3 is 1.77 bits per heavy atom. The van der Waals surface area contributed by atoms with Gasteiger partial charge in [0.1, 0.15) is 0 Å². The quantitative estimate of drug-likeness (QED) is 0.187. The Hall–Kier alpha value is -4.88. The Bertz CT molecular complexity index is 2240. The topological polar surface area (TPSA) is 12.0 Å². The van der Waals surface area contributed by atoms with E-state index in [1.165, 1.54) is 89.3 Å². The van der Waals surface area contributed by atoms with Crippen molar-refractivity contribution in [1.29, 1.82) is 0 Å². The van der Waals surface area contributed by atoms with Gasteiger partial charge in [0.05, 0.1) is 5.69 Å². The van der Waals surface area contributed by atoms with Crippen LogP contribution in [-0.4, -0.2) is 0 Å². The molecule has 9 rings (SSSR count). The maximum absolute atomic E-state index is 4.20. The second-order valence-electron chi connectivity index (χ2n) is 14.1. The average molecular weight is 622 g/mol. The van der Waals surface area contributed by atoms with Crippen molar-refractivity contribution in [3.63, 3.8) is 0 Å². The number of fused-ring (bicyclic) bond motifs is 9. The molecular formula is C47H43N. The Kier molecular flexibility index (Phi) is 6.60. The maximum Gasteiger partial charge on any atom is 0.0511 e. The van der Waals surface area contributed by atoms with Crippen LogP contribution in [0.25, 0.3) is 44.5 Å². The number of benzene rings is 6. The maximum atomic E-state index is 4.20. The van der Waals surface area contributed by atoms with Crippen molar-refractivity contribution in [3.05, 3.63) is 155 Å². The fourth-order valence-corrected chi connectivity index (χ4v) is 9.99.